The van der Waals surface area contributed by atoms with Crippen LogP contribution in [-0.2, 0) is 24.7 Å². The van der Waals surface area contributed by atoms with Crippen LogP contribution in [0, 0.1) is 5.41 Å². The molecular formula is C20H31NO4. The fourth-order valence-corrected chi connectivity index (χ4v) is 2.76. The molecule has 25 heavy (non-hydrogen) atoms. The van der Waals surface area contributed by atoms with E-state index in [1.165, 1.54) is 6.92 Å². The van der Waals surface area contributed by atoms with Gasteiger partial charge in [-0.3, -0.25) is 4.79 Å². The highest BCUT2D eigenvalue weighted by Gasteiger charge is 2.41. The van der Waals surface area contributed by atoms with E-state index in [-0.39, 0.29) is 12.0 Å². The summed E-state index contributed by atoms with van der Waals surface area (Å²) < 4.78 is 10.9. The van der Waals surface area contributed by atoms with Crippen molar-refractivity contribution in [2.45, 2.75) is 47.1 Å². The van der Waals surface area contributed by atoms with E-state index in [2.05, 4.69) is 32.6 Å². The Kier molecular flexibility index (Phi) is 7.61. The highest BCUT2D eigenvalue weighted by molar-refractivity contribution is 5.84. The number of rotatable bonds is 9. The van der Waals surface area contributed by atoms with Crippen molar-refractivity contribution in [2.75, 3.05) is 26.2 Å². The molecular weight excluding hydrogens is 318 g/mol. The van der Waals surface area contributed by atoms with Gasteiger partial charge in [-0.1, -0.05) is 58.0 Å². The molecule has 0 spiro atoms. The van der Waals surface area contributed by atoms with E-state index in [0.717, 1.165) is 19.6 Å². The molecule has 0 N–H and O–H groups in total. The predicted octanol–water partition coefficient (Wildman–Crippen LogP) is 3.38. The quantitative estimate of drug-likeness (QED) is 0.640. The van der Waals surface area contributed by atoms with Crippen molar-refractivity contribution >= 4 is 11.9 Å². The Hall–Kier alpha value is -1.88. The fraction of sp³-hybridized carbons (Fsp3) is 0.600. The maximum atomic E-state index is 12.8. The summed E-state index contributed by atoms with van der Waals surface area (Å²) in [6.07, 6.45) is 0. The van der Waals surface area contributed by atoms with Crippen molar-refractivity contribution in [2.24, 2.45) is 5.41 Å². The van der Waals surface area contributed by atoms with Crippen LogP contribution in [0.2, 0.25) is 0 Å². The lowest BCUT2D eigenvalue weighted by molar-refractivity contribution is -0.183. The summed E-state index contributed by atoms with van der Waals surface area (Å²) in [6, 6.07) is 8.95. The maximum absolute atomic E-state index is 12.8. The number of hydrogen-bond acceptors (Lipinski definition) is 5. The van der Waals surface area contributed by atoms with Gasteiger partial charge in [0.1, 0.15) is 0 Å². The Morgan fingerprint density at radius 1 is 1.04 bits per heavy atom. The number of nitrogens with zero attached hydrogens (tertiary/aromatic N) is 1. The van der Waals surface area contributed by atoms with Crippen LogP contribution in [0.4, 0.5) is 0 Å². The van der Waals surface area contributed by atoms with Crippen LogP contribution < -0.4 is 0 Å². The topological polar surface area (TPSA) is 55.8 Å². The van der Waals surface area contributed by atoms with Crippen molar-refractivity contribution in [1.29, 1.82) is 0 Å². The van der Waals surface area contributed by atoms with E-state index in [9.17, 15) is 9.59 Å². The largest absolute Gasteiger partial charge is 0.462 e. The van der Waals surface area contributed by atoms with Gasteiger partial charge in [-0.25, -0.2) is 4.79 Å². The van der Waals surface area contributed by atoms with Crippen molar-refractivity contribution in [3.8, 4) is 0 Å². The van der Waals surface area contributed by atoms with Gasteiger partial charge in [0.2, 0.25) is 5.60 Å². The highest BCUT2D eigenvalue weighted by atomic mass is 16.6. The molecule has 0 fully saturated rings. The number of ether oxygens (including phenoxy) is 2. The number of carbonyl (C=O) groups is 2. The van der Waals surface area contributed by atoms with E-state index in [4.69, 9.17) is 9.47 Å². The predicted molar refractivity (Wildman–Crippen MR) is 98.1 cm³/mol. The van der Waals surface area contributed by atoms with Gasteiger partial charge in [0.15, 0.2) is 0 Å². The Bertz CT molecular complexity index is 566. The summed E-state index contributed by atoms with van der Waals surface area (Å²) in [5, 5.41) is 0. The maximum Gasteiger partial charge on any atom is 0.355 e. The van der Waals surface area contributed by atoms with Crippen LogP contribution in [-0.4, -0.2) is 43.1 Å². The summed E-state index contributed by atoms with van der Waals surface area (Å²) in [5.74, 6) is -1.08. The molecule has 1 aromatic carbocycles. The summed E-state index contributed by atoms with van der Waals surface area (Å²) in [7, 11) is 0. The monoisotopic (exact) mass is 349 g/mol. The van der Waals surface area contributed by atoms with Crippen LogP contribution >= 0.6 is 0 Å². The Labute approximate surface area is 151 Å². The zero-order chi connectivity index (χ0) is 19.1. The van der Waals surface area contributed by atoms with Gasteiger partial charge >= 0.3 is 11.9 Å². The number of carbonyl (C=O) groups excluding carboxylic acids is 2. The second kappa shape index (κ2) is 8.99. The van der Waals surface area contributed by atoms with Crippen LogP contribution in [0.1, 0.15) is 47.1 Å². The minimum atomic E-state index is -1.45. The summed E-state index contributed by atoms with van der Waals surface area (Å²) in [4.78, 5) is 26.6. The molecule has 0 heterocycles. The van der Waals surface area contributed by atoms with Gasteiger partial charge in [0.25, 0.3) is 0 Å². The molecule has 0 aliphatic heterocycles. The van der Waals surface area contributed by atoms with Gasteiger partial charge in [-0.2, -0.15) is 0 Å². The normalized spacial score (nSPS) is 14.0. The summed E-state index contributed by atoms with van der Waals surface area (Å²) in [5.41, 5.74) is -1.05. The summed E-state index contributed by atoms with van der Waals surface area (Å²) in [6.45, 7) is 14.2. The van der Waals surface area contributed by atoms with Crippen molar-refractivity contribution < 1.29 is 19.1 Å². The summed E-state index contributed by atoms with van der Waals surface area (Å²) >= 11 is 0. The smallest absolute Gasteiger partial charge is 0.355 e. The Balaban J connectivity index is 2.88. The molecule has 0 saturated carbocycles. The number of benzene rings is 1. The van der Waals surface area contributed by atoms with Crippen molar-refractivity contribution in [3.63, 3.8) is 0 Å². The van der Waals surface area contributed by atoms with Gasteiger partial charge in [0.05, 0.1) is 6.61 Å². The Morgan fingerprint density at radius 2 is 1.60 bits per heavy atom. The third kappa shape index (κ3) is 6.16. The van der Waals surface area contributed by atoms with Crippen molar-refractivity contribution in [1.82, 2.24) is 4.90 Å². The SMILES string of the molecule is CCN(CC)CC(C)(C)COC(=O)C(C)(OC(C)=O)c1ccccc1. The third-order valence-corrected chi connectivity index (χ3v) is 4.20. The minimum Gasteiger partial charge on any atom is -0.462 e. The van der Waals surface area contributed by atoms with Crippen LogP contribution in [0.25, 0.3) is 0 Å². The first-order valence-corrected chi connectivity index (χ1v) is 8.79. The number of esters is 2. The molecule has 0 saturated heterocycles. The standard InChI is InChI=1S/C20H31NO4/c1-7-21(8-2)14-19(4,5)15-24-18(23)20(6,25-16(3)22)17-12-10-9-11-13-17/h9-13H,7-8,14-15H2,1-6H3. The lowest BCUT2D eigenvalue weighted by atomic mass is 9.93. The first kappa shape index (κ1) is 21.2. The third-order valence-electron chi connectivity index (χ3n) is 4.20. The lowest BCUT2D eigenvalue weighted by Crippen LogP contribution is -2.42. The molecule has 1 aromatic rings. The van der Waals surface area contributed by atoms with Crippen LogP contribution in [0.3, 0.4) is 0 Å². The molecule has 0 radical (unpaired) electrons. The molecule has 0 aliphatic rings. The van der Waals surface area contributed by atoms with Crippen LogP contribution in [0.5, 0.6) is 0 Å². The first-order valence-electron chi connectivity index (χ1n) is 8.79. The molecule has 0 aromatic heterocycles. The zero-order valence-corrected chi connectivity index (χ0v) is 16.3. The van der Waals surface area contributed by atoms with Gasteiger partial charge in [0, 0.05) is 24.4 Å². The van der Waals surface area contributed by atoms with Crippen LogP contribution in [0.15, 0.2) is 30.3 Å². The van der Waals surface area contributed by atoms with E-state index < -0.39 is 17.5 Å². The molecule has 1 unspecified atom stereocenters. The Morgan fingerprint density at radius 3 is 2.08 bits per heavy atom. The minimum absolute atomic E-state index is 0.199. The average Bonchev–Trinajstić information content (AvgIpc) is 2.57. The first-order chi connectivity index (χ1) is 11.6. The van der Waals surface area contributed by atoms with E-state index in [1.807, 2.05) is 6.07 Å². The molecule has 0 amide bonds. The van der Waals surface area contributed by atoms with Crippen molar-refractivity contribution in [3.05, 3.63) is 35.9 Å². The molecule has 140 valence electrons. The second-order valence-corrected chi connectivity index (χ2v) is 7.19. The van der Waals surface area contributed by atoms with E-state index in [1.54, 1.807) is 31.2 Å². The molecule has 0 aliphatic carbocycles. The second-order valence-electron chi connectivity index (χ2n) is 7.19. The molecule has 5 heteroatoms. The fourth-order valence-electron chi connectivity index (χ4n) is 2.76. The van der Waals surface area contributed by atoms with E-state index in [0.29, 0.717) is 5.56 Å². The average molecular weight is 349 g/mol. The van der Waals surface area contributed by atoms with E-state index >= 15 is 0 Å². The molecule has 1 atom stereocenters. The lowest BCUT2D eigenvalue weighted by Gasteiger charge is -2.33. The zero-order valence-electron chi connectivity index (χ0n) is 16.3. The molecule has 0 bridgehead atoms. The number of hydrogen-bond donors (Lipinski definition) is 0. The molecule has 5 nitrogen and oxygen atoms in total. The molecule has 1 rings (SSSR count). The highest BCUT2D eigenvalue weighted by Crippen LogP contribution is 2.28. The van der Waals surface area contributed by atoms with Gasteiger partial charge < -0.3 is 14.4 Å². The van der Waals surface area contributed by atoms with Gasteiger partial charge in [-0.05, 0) is 20.0 Å². The van der Waals surface area contributed by atoms with Gasteiger partial charge in [-0.15, -0.1) is 0 Å².